The first-order chi connectivity index (χ1) is 10.2. The second kappa shape index (κ2) is 5.54. The second-order valence-corrected chi connectivity index (χ2v) is 6.04. The predicted molar refractivity (Wildman–Crippen MR) is 82.8 cm³/mol. The van der Waals surface area contributed by atoms with Crippen molar-refractivity contribution < 1.29 is 9.32 Å². The van der Waals surface area contributed by atoms with Crippen LogP contribution in [0.5, 0.6) is 5.75 Å². The maximum absolute atomic E-state index is 12.4. The van der Waals surface area contributed by atoms with Gasteiger partial charge in [0.05, 0.1) is 22.1 Å². The van der Waals surface area contributed by atoms with Crippen molar-refractivity contribution in [3.63, 3.8) is 0 Å². The zero-order valence-corrected chi connectivity index (χ0v) is 11.9. The van der Waals surface area contributed by atoms with Crippen LogP contribution < -0.4 is 5.56 Å². The van der Waals surface area contributed by atoms with Crippen LogP contribution in [0.3, 0.4) is 0 Å². The summed E-state index contributed by atoms with van der Waals surface area (Å²) in [5.41, 5.74) is 0.865. The molecule has 2 aromatic carbocycles. The minimum Gasteiger partial charge on any atom is -0.506 e. The van der Waals surface area contributed by atoms with Gasteiger partial charge in [-0.25, -0.2) is 0 Å². The highest BCUT2D eigenvalue weighted by molar-refractivity contribution is 7.84. The first kappa shape index (κ1) is 13.6. The van der Waals surface area contributed by atoms with E-state index < -0.39 is 16.4 Å². The second-order valence-electron chi connectivity index (χ2n) is 4.65. The van der Waals surface area contributed by atoms with Crippen molar-refractivity contribution in [3.05, 3.63) is 70.5 Å². The molecule has 4 nitrogen and oxygen atoms in total. The molecule has 1 aromatic heterocycles. The quantitative estimate of drug-likeness (QED) is 0.781. The molecule has 1 unspecified atom stereocenters. The number of benzene rings is 2. The van der Waals surface area contributed by atoms with Gasteiger partial charge in [0.15, 0.2) is 0 Å². The molecule has 0 saturated carbocycles. The van der Waals surface area contributed by atoms with Crippen LogP contribution in [0.25, 0.3) is 10.9 Å². The normalized spacial score (nSPS) is 12.4. The fourth-order valence-electron chi connectivity index (χ4n) is 2.22. The Balaban J connectivity index is 2.08. The molecule has 0 aliphatic rings. The third-order valence-corrected chi connectivity index (χ3v) is 4.65. The van der Waals surface area contributed by atoms with Crippen LogP contribution in [-0.2, 0) is 16.6 Å². The van der Waals surface area contributed by atoms with Crippen LogP contribution >= 0.6 is 0 Å². The highest BCUT2D eigenvalue weighted by atomic mass is 32.2. The van der Waals surface area contributed by atoms with Crippen molar-refractivity contribution in [2.45, 2.75) is 10.6 Å². The number of nitrogens with one attached hydrogen (secondary N) is 1. The highest BCUT2D eigenvalue weighted by Crippen LogP contribution is 2.27. The number of rotatable bonds is 3. The van der Waals surface area contributed by atoms with Crippen LogP contribution in [0.1, 0.15) is 5.56 Å². The summed E-state index contributed by atoms with van der Waals surface area (Å²) in [5, 5.41) is 10.8. The molecule has 0 spiro atoms. The number of pyridine rings is 1. The first-order valence-electron chi connectivity index (χ1n) is 6.43. The lowest BCUT2D eigenvalue weighted by Gasteiger charge is -2.07. The predicted octanol–water partition coefficient (Wildman–Crippen LogP) is 2.54. The van der Waals surface area contributed by atoms with E-state index in [1.54, 1.807) is 24.3 Å². The van der Waals surface area contributed by atoms with Crippen molar-refractivity contribution in [1.29, 1.82) is 0 Å². The van der Waals surface area contributed by atoms with Crippen molar-refractivity contribution in [3.8, 4) is 5.75 Å². The maximum Gasteiger partial charge on any atom is 0.268 e. The summed E-state index contributed by atoms with van der Waals surface area (Å²) < 4.78 is 12.4. The Kier molecular flexibility index (Phi) is 3.58. The smallest absolute Gasteiger partial charge is 0.268 e. The topological polar surface area (TPSA) is 70.2 Å². The van der Waals surface area contributed by atoms with Gasteiger partial charge in [-0.2, -0.15) is 0 Å². The van der Waals surface area contributed by atoms with Gasteiger partial charge in [0, 0.05) is 5.39 Å². The Labute approximate surface area is 123 Å². The lowest BCUT2D eigenvalue weighted by molar-refractivity contribution is 0.465. The van der Waals surface area contributed by atoms with Gasteiger partial charge >= 0.3 is 0 Å². The monoisotopic (exact) mass is 299 g/mol. The van der Waals surface area contributed by atoms with E-state index >= 15 is 0 Å². The van der Waals surface area contributed by atoms with Gasteiger partial charge in [-0.3, -0.25) is 9.00 Å². The van der Waals surface area contributed by atoms with Gasteiger partial charge in [0.2, 0.25) is 0 Å². The van der Waals surface area contributed by atoms with E-state index in [9.17, 15) is 14.1 Å². The summed E-state index contributed by atoms with van der Waals surface area (Å²) in [7, 11) is -1.61. The molecule has 0 saturated heterocycles. The van der Waals surface area contributed by atoms with E-state index in [4.69, 9.17) is 0 Å². The van der Waals surface area contributed by atoms with E-state index in [0.717, 1.165) is 5.56 Å². The number of H-pyrrole nitrogens is 1. The molecule has 3 rings (SSSR count). The molecule has 0 bridgehead atoms. The van der Waals surface area contributed by atoms with Crippen LogP contribution in [0, 0.1) is 0 Å². The molecule has 0 aliphatic carbocycles. The summed E-state index contributed by atoms with van der Waals surface area (Å²) in [4.78, 5) is 14.7. The molecular weight excluding hydrogens is 286 g/mol. The molecule has 1 heterocycles. The van der Waals surface area contributed by atoms with E-state index in [-0.39, 0.29) is 16.4 Å². The van der Waals surface area contributed by atoms with E-state index in [0.29, 0.717) is 10.9 Å². The lowest BCUT2D eigenvalue weighted by atomic mass is 10.2. The highest BCUT2D eigenvalue weighted by Gasteiger charge is 2.17. The number of hydrogen-bond acceptors (Lipinski definition) is 3. The van der Waals surface area contributed by atoms with Crippen molar-refractivity contribution >= 4 is 21.7 Å². The average molecular weight is 299 g/mol. The standard InChI is InChI=1S/C16H13NO3S/c18-14-12-8-4-5-9-13(12)17-16(19)15(14)21(20)10-11-6-2-1-3-7-11/h1-9H,10H2,(H2,17,18,19). The molecule has 2 N–H and O–H groups in total. The van der Waals surface area contributed by atoms with Crippen molar-refractivity contribution in [1.82, 2.24) is 4.98 Å². The minimum atomic E-state index is -1.61. The Morgan fingerprint density at radius 3 is 2.43 bits per heavy atom. The third kappa shape index (κ3) is 2.60. The molecule has 21 heavy (non-hydrogen) atoms. The van der Waals surface area contributed by atoms with Gasteiger partial charge in [-0.15, -0.1) is 0 Å². The number of hydrogen-bond donors (Lipinski definition) is 2. The average Bonchev–Trinajstić information content (AvgIpc) is 2.48. The summed E-state index contributed by atoms with van der Waals surface area (Å²) >= 11 is 0. The van der Waals surface area contributed by atoms with Crippen LogP contribution in [-0.4, -0.2) is 14.3 Å². The van der Waals surface area contributed by atoms with Gasteiger partial charge < -0.3 is 10.1 Å². The van der Waals surface area contributed by atoms with Crippen LogP contribution in [0.4, 0.5) is 0 Å². The first-order valence-corrected chi connectivity index (χ1v) is 7.75. The number of para-hydroxylation sites is 1. The van der Waals surface area contributed by atoms with Gasteiger partial charge in [0.1, 0.15) is 10.6 Å². The zero-order valence-electron chi connectivity index (χ0n) is 11.1. The SMILES string of the molecule is O=c1[nH]c2ccccc2c(O)c1S(=O)Cc1ccccc1. The van der Waals surface area contributed by atoms with Gasteiger partial charge in [0.25, 0.3) is 5.56 Å². The van der Waals surface area contributed by atoms with E-state index in [1.807, 2.05) is 30.3 Å². The molecular formula is C16H13NO3S. The molecule has 0 amide bonds. The Morgan fingerprint density at radius 2 is 1.67 bits per heavy atom. The summed E-state index contributed by atoms with van der Waals surface area (Å²) in [6, 6.07) is 16.1. The van der Waals surface area contributed by atoms with E-state index in [1.165, 1.54) is 0 Å². The number of aromatic amines is 1. The fourth-order valence-corrected chi connectivity index (χ4v) is 3.44. The maximum atomic E-state index is 12.4. The number of aromatic nitrogens is 1. The summed E-state index contributed by atoms with van der Waals surface area (Å²) in [5.74, 6) is -0.0147. The summed E-state index contributed by atoms with van der Waals surface area (Å²) in [6.45, 7) is 0. The minimum absolute atomic E-state index is 0.0717. The molecule has 1 atom stereocenters. The Bertz CT molecular complexity index is 872. The number of aromatic hydroxyl groups is 1. The van der Waals surface area contributed by atoms with Gasteiger partial charge in [-0.05, 0) is 17.7 Å². The largest absolute Gasteiger partial charge is 0.506 e. The molecule has 0 fully saturated rings. The fraction of sp³-hybridized carbons (Fsp3) is 0.0625. The van der Waals surface area contributed by atoms with Crippen LogP contribution in [0.2, 0.25) is 0 Å². The third-order valence-electron chi connectivity index (χ3n) is 3.22. The summed E-state index contributed by atoms with van der Waals surface area (Å²) in [6.07, 6.45) is 0. The van der Waals surface area contributed by atoms with Crippen molar-refractivity contribution in [2.24, 2.45) is 0 Å². The molecule has 3 aromatic rings. The van der Waals surface area contributed by atoms with Gasteiger partial charge in [-0.1, -0.05) is 42.5 Å². The van der Waals surface area contributed by atoms with E-state index in [2.05, 4.69) is 4.98 Å². The van der Waals surface area contributed by atoms with Crippen molar-refractivity contribution in [2.75, 3.05) is 0 Å². The lowest BCUT2D eigenvalue weighted by Crippen LogP contribution is -2.15. The zero-order chi connectivity index (χ0) is 14.8. The molecule has 106 valence electrons. The Morgan fingerprint density at radius 1 is 1.00 bits per heavy atom. The molecule has 0 aliphatic heterocycles. The van der Waals surface area contributed by atoms with Crippen LogP contribution in [0.15, 0.2) is 64.3 Å². The molecule has 5 heteroatoms. The molecule has 0 radical (unpaired) electrons. The Hall–Kier alpha value is -2.40. The number of fused-ring (bicyclic) bond motifs is 1.